The zero-order valence-electron chi connectivity index (χ0n) is 11.9. The molecule has 0 saturated heterocycles. The minimum atomic E-state index is -0.389. The van der Waals surface area contributed by atoms with E-state index in [9.17, 15) is 4.79 Å². The van der Waals surface area contributed by atoms with Crippen molar-refractivity contribution in [2.24, 2.45) is 0 Å². The fourth-order valence-corrected chi connectivity index (χ4v) is 2.05. The molecule has 1 rings (SSSR count). The van der Waals surface area contributed by atoms with Gasteiger partial charge in [0.1, 0.15) is 11.8 Å². The third-order valence-electron chi connectivity index (χ3n) is 3.02. The summed E-state index contributed by atoms with van der Waals surface area (Å²) in [6, 6.07) is 3.54. The lowest BCUT2D eigenvalue weighted by atomic mass is 9.97. The van der Waals surface area contributed by atoms with E-state index in [0.717, 1.165) is 22.4 Å². The van der Waals surface area contributed by atoms with E-state index in [1.54, 1.807) is 7.11 Å². The number of likely N-dealkylation sites (N-methyl/N-ethyl adjacent to an activating group) is 1. The first kappa shape index (κ1) is 14.5. The number of aryl methyl sites for hydroxylation is 2. The molecule has 0 heterocycles. The molecule has 1 aromatic rings. The highest BCUT2D eigenvalue weighted by Crippen LogP contribution is 2.29. The highest BCUT2D eigenvalue weighted by atomic mass is 16.5. The predicted octanol–water partition coefficient (Wildman–Crippen LogP) is 2.09. The van der Waals surface area contributed by atoms with E-state index in [-0.39, 0.29) is 12.0 Å². The summed E-state index contributed by atoms with van der Waals surface area (Å²) in [6.45, 7) is 3.93. The van der Waals surface area contributed by atoms with Gasteiger partial charge in [-0.05, 0) is 56.8 Å². The van der Waals surface area contributed by atoms with Crippen LogP contribution in [0.4, 0.5) is 0 Å². The molecule has 0 aliphatic carbocycles. The van der Waals surface area contributed by atoms with Gasteiger partial charge in [-0.1, -0.05) is 0 Å². The van der Waals surface area contributed by atoms with E-state index < -0.39 is 0 Å². The van der Waals surface area contributed by atoms with E-state index in [2.05, 4.69) is 0 Å². The summed E-state index contributed by atoms with van der Waals surface area (Å²) >= 11 is 0. The number of ether oxygens (including phenoxy) is 2. The summed E-state index contributed by atoms with van der Waals surface area (Å²) < 4.78 is 10.1. The van der Waals surface area contributed by atoms with Crippen LogP contribution in [-0.2, 0) is 9.53 Å². The van der Waals surface area contributed by atoms with Crippen LogP contribution in [0, 0.1) is 13.8 Å². The van der Waals surface area contributed by atoms with Crippen LogP contribution in [-0.4, -0.2) is 39.2 Å². The van der Waals surface area contributed by atoms with Gasteiger partial charge in [0.15, 0.2) is 0 Å². The lowest BCUT2D eigenvalue weighted by Gasteiger charge is -2.24. The van der Waals surface area contributed by atoms with Gasteiger partial charge >= 0.3 is 5.97 Å². The zero-order valence-corrected chi connectivity index (χ0v) is 11.9. The number of benzene rings is 1. The lowest BCUT2D eigenvalue weighted by molar-refractivity contribution is -0.146. The number of esters is 1. The highest BCUT2D eigenvalue weighted by molar-refractivity contribution is 5.78. The molecule has 0 fully saturated rings. The number of hydrogen-bond acceptors (Lipinski definition) is 4. The molecule has 1 unspecified atom stereocenters. The Kier molecular flexibility index (Phi) is 4.73. The minimum absolute atomic E-state index is 0.257. The lowest BCUT2D eigenvalue weighted by Crippen LogP contribution is -2.29. The number of rotatable bonds is 4. The fraction of sp³-hybridized carbons (Fsp3) is 0.500. The molecule has 4 heteroatoms. The van der Waals surface area contributed by atoms with Crippen molar-refractivity contribution in [2.75, 3.05) is 28.3 Å². The van der Waals surface area contributed by atoms with Crippen LogP contribution in [0.15, 0.2) is 12.1 Å². The Hall–Kier alpha value is -1.55. The first-order valence-corrected chi connectivity index (χ1v) is 5.81. The number of carbonyl (C=O) groups excluding carboxylic acids is 1. The summed E-state index contributed by atoms with van der Waals surface area (Å²) in [6.07, 6.45) is 0. The van der Waals surface area contributed by atoms with E-state index in [1.807, 2.05) is 45.0 Å². The Morgan fingerprint density at radius 3 is 2.22 bits per heavy atom. The van der Waals surface area contributed by atoms with E-state index in [0.29, 0.717) is 0 Å². The topological polar surface area (TPSA) is 38.8 Å². The molecule has 0 aromatic heterocycles. The van der Waals surface area contributed by atoms with Crippen LogP contribution in [0.5, 0.6) is 5.75 Å². The number of nitrogens with zero attached hydrogens (tertiary/aromatic N) is 1. The number of carbonyl (C=O) groups is 1. The normalized spacial score (nSPS) is 12.4. The predicted molar refractivity (Wildman–Crippen MR) is 70.9 cm³/mol. The van der Waals surface area contributed by atoms with Gasteiger partial charge in [0.2, 0.25) is 0 Å². The second kappa shape index (κ2) is 5.87. The van der Waals surface area contributed by atoms with Crippen molar-refractivity contribution in [3.8, 4) is 5.75 Å². The SMILES string of the molecule is COC(=O)C(c1cc(C)c(OC)cc1C)N(C)C. The molecule has 0 aliphatic heterocycles. The summed E-state index contributed by atoms with van der Waals surface area (Å²) in [5.41, 5.74) is 2.97. The van der Waals surface area contributed by atoms with Gasteiger partial charge in [0.05, 0.1) is 14.2 Å². The van der Waals surface area contributed by atoms with Crippen molar-refractivity contribution in [1.82, 2.24) is 4.90 Å². The summed E-state index contributed by atoms with van der Waals surface area (Å²) in [4.78, 5) is 13.7. The van der Waals surface area contributed by atoms with Gasteiger partial charge in [-0.25, -0.2) is 4.79 Å². The maximum Gasteiger partial charge on any atom is 0.327 e. The van der Waals surface area contributed by atoms with E-state index in [1.165, 1.54) is 7.11 Å². The molecule has 0 aliphatic rings. The standard InChI is InChI=1S/C14H21NO3/c1-9-8-12(17-5)10(2)7-11(9)13(15(3)4)14(16)18-6/h7-8,13H,1-6H3. The van der Waals surface area contributed by atoms with Crippen LogP contribution in [0.1, 0.15) is 22.7 Å². The van der Waals surface area contributed by atoms with Gasteiger partial charge in [0.25, 0.3) is 0 Å². The van der Waals surface area contributed by atoms with Gasteiger partial charge in [-0.3, -0.25) is 4.90 Å². The Morgan fingerprint density at radius 2 is 1.78 bits per heavy atom. The number of hydrogen-bond donors (Lipinski definition) is 0. The van der Waals surface area contributed by atoms with Gasteiger partial charge in [-0.15, -0.1) is 0 Å². The molecule has 4 nitrogen and oxygen atoms in total. The molecular formula is C14H21NO3. The molecule has 1 atom stereocenters. The van der Waals surface area contributed by atoms with Crippen LogP contribution in [0.2, 0.25) is 0 Å². The van der Waals surface area contributed by atoms with Crippen molar-refractivity contribution in [3.63, 3.8) is 0 Å². The fourth-order valence-electron chi connectivity index (χ4n) is 2.05. The Labute approximate surface area is 108 Å². The van der Waals surface area contributed by atoms with Crippen molar-refractivity contribution < 1.29 is 14.3 Å². The molecule has 18 heavy (non-hydrogen) atoms. The van der Waals surface area contributed by atoms with Crippen LogP contribution < -0.4 is 4.74 Å². The molecular weight excluding hydrogens is 230 g/mol. The van der Waals surface area contributed by atoms with Crippen molar-refractivity contribution in [1.29, 1.82) is 0 Å². The average Bonchev–Trinajstić information content (AvgIpc) is 2.32. The Bertz CT molecular complexity index is 441. The maximum atomic E-state index is 11.9. The van der Waals surface area contributed by atoms with Crippen LogP contribution in [0.3, 0.4) is 0 Å². The molecule has 0 N–H and O–H groups in total. The summed E-state index contributed by atoms with van der Waals surface area (Å²) in [5, 5.41) is 0. The first-order chi connectivity index (χ1) is 8.42. The molecule has 0 spiro atoms. The van der Waals surface area contributed by atoms with Gasteiger partial charge < -0.3 is 9.47 Å². The van der Waals surface area contributed by atoms with Crippen LogP contribution >= 0.6 is 0 Å². The smallest absolute Gasteiger partial charge is 0.327 e. The van der Waals surface area contributed by atoms with Crippen LogP contribution in [0.25, 0.3) is 0 Å². The first-order valence-electron chi connectivity index (χ1n) is 5.81. The molecule has 0 amide bonds. The molecule has 1 aromatic carbocycles. The zero-order chi connectivity index (χ0) is 13.9. The molecule has 100 valence electrons. The average molecular weight is 251 g/mol. The van der Waals surface area contributed by atoms with Gasteiger partial charge in [0, 0.05) is 0 Å². The third-order valence-corrected chi connectivity index (χ3v) is 3.02. The Morgan fingerprint density at radius 1 is 1.17 bits per heavy atom. The Balaban J connectivity index is 3.29. The van der Waals surface area contributed by atoms with Crippen molar-refractivity contribution in [3.05, 3.63) is 28.8 Å². The van der Waals surface area contributed by atoms with Gasteiger partial charge in [-0.2, -0.15) is 0 Å². The largest absolute Gasteiger partial charge is 0.496 e. The third kappa shape index (κ3) is 2.82. The quantitative estimate of drug-likeness (QED) is 0.768. The summed E-state index contributed by atoms with van der Waals surface area (Å²) in [5.74, 6) is 0.575. The van der Waals surface area contributed by atoms with Crippen molar-refractivity contribution in [2.45, 2.75) is 19.9 Å². The minimum Gasteiger partial charge on any atom is -0.496 e. The maximum absolute atomic E-state index is 11.9. The molecule has 0 bridgehead atoms. The summed E-state index contributed by atoms with van der Waals surface area (Å²) in [7, 11) is 6.77. The van der Waals surface area contributed by atoms with E-state index in [4.69, 9.17) is 9.47 Å². The second-order valence-corrected chi connectivity index (χ2v) is 4.57. The van der Waals surface area contributed by atoms with E-state index >= 15 is 0 Å². The molecule has 0 saturated carbocycles. The highest BCUT2D eigenvalue weighted by Gasteiger charge is 2.26. The number of methoxy groups -OCH3 is 2. The monoisotopic (exact) mass is 251 g/mol. The molecule has 0 radical (unpaired) electrons. The second-order valence-electron chi connectivity index (χ2n) is 4.57. The van der Waals surface area contributed by atoms with Crippen molar-refractivity contribution >= 4 is 5.97 Å².